The summed E-state index contributed by atoms with van der Waals surface area (Å²) >= 11 is 0. The fourth-order valence-electron chi connectivity index (χ4n) is 3.31. The number of rotatable bonds is 3. The number of aryl methyl sites for hydroxylation is 2. The maximum absolute atomic E-state index is 5.53. The fourth-order valence-corrected chi connectivity index (χ4v) is 3.31. The molecule has 3 aromatic rings. The van der Waals surface area contributed by atoms with Crippen molar-refractivity contribution in [3.05, 3.63) is 41.7 Å². The number of nitrogens with zero attached hydrogens (tertiary/aromatic N) is 5. The zero-order valence-corrected chi connectivity index (χ0v) is 14.8. The second kappa shape index (κ2) is 6.07. The van der Waals surface area contributed by atoms with Gasteiger partial charge < -0.3 is 9.84 Å². The van der Waals surface area contributed by atoms with Gasteiger partial charge >= 0.3 is 0 Å². The zero-order chi connectivity index (χ0) is 17.4. The molecule has 0 aliphatic carbocycles. The van der Waals surface area contributed by atoms with Crippen molar-refractivity contribution < 1.29 is 4.52 Å². The van der Waals surface area contributed by atoms with E-state index in [9.17, 15) is 0 Å². The van der Waals surface area contributed by atoms with E-state index in [-0.39, 0.29) is 5.54 Å². The normalized spacial score (nSPS) is 20.8. The summed E-state index contributed by atoms with van der Waals surface area (Å²) in [6.07, 6.45) is 5.12. The van der Waals surface area contributed by atoms with Crippen molar-refractivity contribution in [2.45, 2.75) is 45.6 Å². The first kappa shape index (κ1) is 16.0. The Kier molecular flexibility index (Phi) is 3.88. The average Bonchev–Trinajstić information content (AvgIpc) is 3.23. The number of pyridine rings is 1. The van der Waals surface area contributed by atoms with Crippen LogP contribution in [-0.4, -0.2) is 31.4 Å². The summed E-state index contributed by atoms with van der Waals surface area (Å²) in [7, 11) is 0. The van der Waals surface area contributed by atoms with Gasteiger partial charge in [0.05, 0.1) is 11.2 Å². The van der Waals surface area contributed by atoms with Gasteiger partial charge in [-0.3, -0.25) is 0 Å². The van der Waals surface area contributed by atoms with Crippen LogP contribution < -0.4 is 5.32 Å². The van der Waals surface area contributed by atoms with Crippen molar-refractivity contribution >= 4 is 0 Å². The molecule has 130 valence electrons. The van der Waals surface area contributed by atoms with Crippen LogP contribution in [0.15, 0.2) is 28.9 Å². The Bertz CT molecular complexity index is 873. The lowest BCUT2D eigenvalue weighted by atomic mass is 9.91. The van der Waals surface area contributed by atoms with Crippen LogP contribution in [0.5, 0.6) is 0 Å². The Morgan fingerprint density at radius 2 is 2.12 bits per heavy atom. The molecule has 4 rings (SSSR count). The third-order valence-electron chi connectivity index (χ3n) is 4.75. The van der Waals surface area contributed by atoms with Crippen LogP contribution in [0.3, 0.4) is 0 Å². The molecule has 7 nitrogen and oxygen atoms in total. The summed E-state index contributed by atoms with van der Waals surface area (Å²) in [6.45, 7) is 7.08. The first-order chi connectivity index (χ1) is 12.0. The van der Waals surface area contributed by atoms with Crippen molar-refractivity contribution in [2.24, 2.45) is 0 Å². The molecule has 0 bridgehead atoms. The van der Waals surface area contributed by atoms with Crippen molar-refractivity contribution in [3.63, 3.8) is 0 Å². The van der Waals surface area contributed by atoms with Crippen LogP contribution in [-0.2, 0) is 5.54 Å². The number of piperidine rings is 1. The number of nitrogens with one attached hydrogen (secondary N) is 1. The van der Waals surface area contributed by atoms with E-state index in [0.717, 1.165) is 35.7 Å². The fraction of sp³-hybridized carbons (Fsp3) is 0.444. The van der Waals surface area contributed by atoms with Crippen LogP contribution >= 0.6 is 0 Å². The van der Waals surface area contributed by atoms with Gasteiger partial charge in [0.15, 0.2) is 5.82 Å². The molecular formula is C18H22N6O. The minimum Gasteiger partial charge on any atom is -0.337 e. The molecule has 1 unspecified atom stereocenters. The SMILES string of the molecule is Cc1cc(C)n(-c2ccc(-c3noc(C4(C)CCCCN4)n3)cn2)n1. The van der Waals surface area contributed by atoms with Gasteiger partial charge in [-0.15, -0.1) is 0 Å². The Hall–Kier alpha value is -2.54. The molecule has 0 aromatic carbocycles. The third-order valence-corrected chi connectivity index (χ3v) is 4.75. The first-order valence-corrected chi connectivity index (χ1v) is 8.64. The van der Waals surface area contributed by atoms with Gasteiger partial charge in [0.2, 0.25) is 11.7 Å². The molecule has 1 N–H and O–H groups in total. The molecule has 0 spiro atoms. The molecule has 1 aliphatic rings. The predicted molar refractivity (Wildman–Crippen MR) is 93.3 cm³/mol. The summed E-state index contributed by atoms with van der Waals surface area (Å²) in [5, 5.41) is 12.1. The molecule has 7 heteroatoms. The van der Waals surface area contributed by atoms with E-state index in [1.54, 1.807) is 6.20 Å². The highest BCUT2D eigenvalue weighted by Crippen LogP contribution is 2.30. The molecule has 0 radical (unpaired) electrons. The van der Waals surface area contributed by atoms with Crippen molar-refractivity contribution in [3.8, 4) is 17.2 Å². The maximum Gasteiger partial charge on any atom is 0.246 e. The summed E-state index contributed by atoms with van der Waals surface area (Å²) < 4.78 is 7.36. The first-order valence-electron chi connectivity index (χ1n) is 8.64. The van der Waals surface area contributed by atoms with Gasteiger partial charge in [-0.05, 0) is 64.8 Å². The van der Waals surface area contributed by atoms with Crippen LogP contribution in [0.4, 0.5) is 0 Å². The van der Waals surface area contributed by atoms with Crippen molar-refractivity contribution in [2.75, 3.05) is 6.54 Å². The number of hydrogen-bond donors (Lipinski definition) is 1. The van der Waals surface area contributed by atoms with Gasteiger partial charge in [-0.1, -0.05) is 5.16 Å². The lowest BCUT2D eigenvalue weighted by molar-refractivity contribution is 0.207. The second-order valence-corrected chi connectivity index (χ2v) is 6.88. The third kappa shape index (κ3) is 2.95. The maximum atomic E-state index is 5.53. The van der Waals surface area contributed by atoms with E-state index in [0.29, 0.717) is 11.7 Å². The highest BCUT2D eigenvalue weighted by molar-refractivity contribution is 5.54. The quantitative estimate of drug-likeness (QED) is 0.791. The Labute approximate surface area is 146 Å². The highest BCUT2D eigenvalue weighted by Gasteiger charge is 2.34. The van der Waals surface area contributed by atoms with Gasteiger partial charge in [-0.25, -0.2) is 9.67 Å². The average molecular weight is 338 g/mol. The lowest BCUT2D eigenvalue weighted by Gasteiger charge is -2.31. The molecule has 1 aliphatic heterocycles. The van der Waals surface area contributed by atoms with Gasteiger partial charge in [0.1, 0.15) is 0 Å². The highest BCUT2D eigenvalue weighted by atomic mass is 16.5. The molecule has 1 atom stereocenters. The van der Waals surface area contributed by atoms with E-state index in [2.05, 4.69) is 32.5 Å². The molecule has 3 aromatic heterocycles. The molecular weight excluding hydrogens is 316 g/mol. The predicted octanol–water partition coefficient (Wildman–Crippen LogP) is 2.92. The standard InChI is InChI=1S/C18H22N6O/c1-12-10-13(2)24(22-12)15-7-6-14(11-19-15)16-21-17(25-23-16)18(3)8-4-5-9-20-18/h6-7,10-11,20H,4-5,8-9H2,1-3H3. The molecule has 0 amide bonds. The van der Waals surface area contributed by atoms with E-state index in [1.807, 2.05) is 36.7 Å². The van der Waals surface area contributed by atoms with Crippen LogP contribution in [0.25, 0.3) is 17.2 Å². The van der Waals surface area contributed by atoms with Gasteiger partial charge in [0.25, 0.3) is 0 Å². The monoisotopic (exact) mass is 338 g/mol. The Morgan fingerprint density at radius 1 is 1.24 bits per heavy atom. The summed E-state index contributed by atoms with van der Waals surface area (Å²) in [5.41, 5.74) is 2.62. The molecule has 4 heterocycles. The largest absolute Gasteiger partial charge is 0.337 e. The van der Waals surface area contributed by atoms with Crippen LogP contribution in [0.1, 0.15) is 43.5 Å². The number of hydrogen-bond acceptors (Lipinski definition) is 6. The van der Waals surface area contributed by atoms with Crippen LogP contribution in [0, 0.1) is 13.8 Å². The minimum absolute atomic E-state index is 0.236. The van der Waals surface area contributed by atoms with Crippen molar-refractivity contribution in [1.82, 2.24) is 30.2 Å². The second-order valence-electron chi connectivity index (χ2n) is 6.88. The smallest absolute Gasteiger partial charge is 0.246 e. The van der Waals surface area contributed by atoms with Crippen LogP contribution in [0.2, 0.25) is 0 Å². The zero-order valence-electron chi connectivity index (χ0n) is 14.8. The number of aromatic nitrogens is 5. The van der Waals surface area contributed by atoms with E-state index in [1.165, 1.54) is 12.8 Å². The summed E-state index contributed by atoms with van der Waals surface area (Å²) in [6, 6.07) is 5.90. The molecule has 1 saturated heterocycles. The summed E-state index contributed by atoms with van der Waals surface area (Å²) in [4.78, 5) is 9.10. The topological polar surface area (TPSA) is 81.7 Å². The van der Waals surface area contributed by atoms with Crippen molar-refractivity contribution in [1.29, 1.82) is 0 Å². The molecule has 25 heavy (non-hydrogen) atoms. The van der Waals surface area contributed by atoms with E-state index >= 15 is 0 Å². The molecule has 1 fully saturated rings. The van der Waals surface area contributed by atoms with E-state index in [4.69, 9.17) is 4.52 Å². The van der Waals surface area contributed by atoms with Gasteiger partial charge in [0, 0.05) is 17.5 Å². The van der Waals surface area contributed by atoms with E-state index < -0.39 is 0 Å². The Balaban J connectivity index is 1.60. The lowest BCUT2D eigenvalue weighted by Crippen LogP contribution is -2.43. The Morgan fingerprint density at radius 3 is 2.76 bits per heavy atom. The summed E-state index contributed by atoms with van der Waals surface area (Å²) in [5.74, 6) is 1.99. The van der Waals surface area contributed by atoms with Gasteiger partial charge in [-0.2, -0.15) is 10.1 Å². The molecule has 0 saturated carbocycles. The minimum atomic E-state index is -0.236.